The van der Waals surface area contributed by atoms with Crippen LogP contribution in [0.3, 0.4) is 0 Å². The molecule has 4 heteroatoms. The fourth-order valence-corrected chi connectivity index (χ4v) is 1.82. The highest BCUT2D eigenvalue weighted by Gasteiger charge is 2.08. The van der Waals surface area contributed by atoms with Crippen LogP contribution in [0.15, 0.2) is 30.5 Å². The van der Waals surface area contributed by atoms with E-state index in [-0.39, 0.29) is 5.84 Å². The monoisotopic (exact) mass is 255 g/mol. The van der Waals surface area contributed by atoms with Gasteiger partial charge >= 0.3 is 0 Å². The minimum Gasteiger partial charge on any atom is -0.457 e. The normalized spacial score (nSPS) is 10.3. The molecule has 1 heterocycles. The number of hydrogen-bond acceptors (Lipinski definition) is 3. The fraction of sp³-hybridized carbons (Fsp3) is 0.200. The SMILES string of the molecule is Cc1ccc(C)c(Oc2ccnc(C(=N)N)c2)c1C. The van der Waals surface area contributed by atoms with Crippen LogP contribution in [0, 0.1) is 26.2 Å². The minimum atomic E-state index is -0.0665. The summed E-state index contributed by atoms with van der Waals surface area (Å²) in [5, 5.41) is 7.39. The molecule has 0 fully saturated rings. The molecule has 2 rings (SSSR count). The van der Waals surface area contributed by atoms with Gasteiger partial charge in [0.2, 0.25) is 0 Å². The molecule has 0 aliphatic heterocycles. The molecule has 3 N–H and O–H groups in total. The highest BCUT2D eigenvalue weighted by atomic mass is 16.5. The Balaban J connectivity index is 2.39. The average Bonchev–Trinajstić information content (AvgIpc) is 2.39. The lowest BCUT2D eigenvalue weighted by molar-refractivity contribution is 0.473. The Kier molecular flexibility index (Phi) is 3.51. The first-order chi connectivity index (χ1) is 8.99. The van der Waals surface area contributed by atoms with Crippen molar-refractivity contribution < 1.29 is 4.74 Å². The average molecular weight is 255 g/mol. The first kappa shape index (κ1) is 13.1. The quantitative estimate of drug-likeness (QED) is 0.654. The number of nitrogens with one attached hydrogen (secondary N) is 1. The largest absolute Gasteiger partial charge is 0.457 e. The van der Waals surface area contributed by atoms with Gasteiger partial charge in [-0.3, -0.25) is 10.4 Å². The van der Waals surface area contributed by atoms with Crippen LogP contribution in [0.1, 0.15) is 22.4 Å². The minimum absolute atomic E-state index is 0.0665. The Bertz CT molecular complexity index is 635. The van der Waals surface area contributed by atoms with Crippen molar-refractivity contribution in [3.8, 4) is 11.5 Å². The zero-order valence-corrected chi connectivity index (χ0v) is 11.3. The molecule has 0 saturated heterocycles. The molecular formula is C15H17N3O. The van der Waals surface area contributed by atoms with Crippen LogP contribution in [0.2, 0.25) is 0 Å². The van der Waals surface area contributed by atoms with E-state index in [1.165, 1.54) is 5.56 Å². The van der Waals surface area contributed by atoms with E-state index in [0.717, 1.165) is 16.9 Å². The molecule has 1 aromatic carbocycles. The Morgan fingerprint density at radius 3 is 2.53 bits per heavy atom. The molecule has 0 amide bonds. The number of rotatable bonds is 3. The molecule has 0 bridgehead atoms. The van der Waals surface area contributed by atoms with Gasteiger partial charge in [-0.25, -0.2) is 0 Å². The van der Waals surface area contributed by atoms with Crippen LogP contribution < -0.4 is 10.5 Å². The third kappa shape index (κ3) is 2.73. The van der Waals surface area contributed by atoms with Crippen LogP contribution in [-0.4, -0.2) is 10.8 Å². The lowest BCUT2D eigenvalue weighted by Crippen LogP contribution is -2.12. The number of aryl methyl sites for hydroxylation is 2. The summed E-state index contributed by atoms with van der Waals surface area (Å²) in [4.78, 5) is 4.01. The summed E-state index contributed by atoms with van der Waals surface area (Å²) in [5.74, 6) is 1.42. The van der Waals surface area contributed by atoms with Crippen molar-refractivity contribution in [2.24, 2.45) is 5.73 Å². The van der Waals surface area contributed by atoms with Gasteiger partial charge in [0.1, 0.15) is 23.0 Å². The molecule has 0 aliphatic carbocycles. The number of ether oxygens (including phenoxy) is 1. The van der Waals surface area contributed by atoms with Gasteiger partial charge in [0.25, 0.3) is 0 Å². The highest BCUT2D eigenvalue weighted by molar-refractivity contribution is 5.93. The second-order valence-corrected chi connectivity index (χ2v) is 4.55. The molecule has 0 aliphatic rings. The number of hydrogen-bond donors (Lipinski definition) is 2. The summed E-state index contributed by atoms with van der Waals surface area (Å²) in [7, 11) is 0. The summed E-state index contributed by atoms with van der Waals surface area (Å²) in [6, 6.07) is 7.53. The number of benzene rings is 1. The molecular weight excluding hydrogens is 238 g/mol. The Labute approximate surface area is 112 Å². The fourth-order valence-electron chi connectivity index (χ4n) is 1.82. The molecule has 0 atom stereocenters. The molecule has 0 spiro atoms. The molecule has 0 unspecified atom stereocenters. The van der Waals surface area contributed by atoms with Crippen molar-refractivity contribution in [2.45, 2.75) is 20.8 Å². The summed E-state index contributed by atoms with van der Waals surface area (Å²) >= 11 is 0. The van der Waals surface area contributed by atoms with Crippen molar-refractivity contribution in [1.82, 2.24) is 4.98 Å². The maximum Gasteiger partial charge on any atom is 0.141 e. The smallest absolute Gasteiger partial charge is 0.141 e. The second-order valence-electron chi connectivity index (χ2n) is 4.55. The molecule has 98 valence electrons. The molecule has 19 heavy (non-hydrogen) atoms. The number of pyridine rings is 1. The predicted molar refractivity (Wildman–Crippen MR) is 76.0 cm³/mol. The van der Waals surface area contributed by atoms with E-state index in [1.807, 2.05) is 19.9 Å². The van der Waals surface area contributed by atoms with Gasteiger partial charge in [-0.15, -0.1) is 0 Å². The van der Waals surface area contributed by atoms with Crippen LogP contribution in [0.4, 0.5) is 0 Å². The van der Waals surface area contributed by atoms with Gasteiger partial charge in [0, 0.05) is 12.3 Å². The topological polar surface area (TPSA) is 72.0 Å². The first-order valence-corrected chi connectivity index (χ1v) is 6.04. The number of nitrogens with zero attached hydrogens (tertiary/aromatic N) is 1. The zero-order chi connectivity index (χ0) is 14.0. The number of aromatic nitrogens is 1. The lowest BCUT2D eigenvalue weighted by atomic mass is 10.1. The van der Waals surface area contributed by atoms with E-state index in [2.05, 4.69) is 18.0 Å². The van der Waals surface area contributed by atoms with E-state index in [1.54, 1.807) is 18.3 Å². The van der Waals surface area contributed by atoms with E-state index in [9.17, 15) is 0 Å². The van der Waals surface area contributed by atoms with Gasteiger partial charge in [-0.2, -0.15) is 0 Å². The van der Waals surface area contributed by atoms with Crippen LogP contribution in [-0.2, 0) is 0 Å². The first-order valence-electron chi connectivity index (χ1n) is 6.04. The van der Waals surface area contributed by atoms with E-state index in [0.29, 0.717) is 11.4 Å². The summed E-state index contributed by atoms with van der Waals surface area (Å²) in [6.07, 6.45) is 1.59. The Hall–Kier alpha value is -2.36. The maximum atomic E-state index is 7.39. The number of nitrogen functional groups attached to an aromatic ring is 1. The highest BCUT2D eigenvalue weighted by Crippen LogP contribution is 2.30. The maximum absolute atomic E-state index is 7.39. The molecule has 1 aromatic heterocycles. The predicted octanol–water partition coefficient (Wildman–Crippen LogP) is 3.08. The molecule has 0 saturated carbocycles. The van der Waals surface area contributed by atoms with Crippen LogP contribution in [0.5, 0.6) is 11.5 Å². The van der Waals surface area contributed by atoms with Crippen LogP contribution >= 0.6 is 0 Å². The van der Waals surface area contributed by atoms with Crippen molar-refractivity contribution in [1.29, 1.82) is 5.41 Å². The van der Waals surface area contributed by atoms with Crippen molar-refractivity contribution in [3.05, 3.63) is 52.8 Å². The molecule has 2 aromatic rings. The van der Waals surface area contributed by atoms with Gasteiger partial charge in [0.15, 0.2) is 0 Å². The van der Waals surface area contributed by atoms with E-state index < -0.39 is 0 Å². The van der Waals surface area contributed by atoms with Gasteiger partial charge in [-0.1, -0.05) is 12.1 Å². The van der Waals surface area contributed by atoms with Crippen molar-refractivity contribution in [2.75, 3.05) is 0 Å². The van der Waals surface area contributed by atoms with Gasteiger partial charge in [0.05, 0.1) is 0 Å². The van der Waals surface area contributed by atoms with Gasteiger partial charge in [-0.05, 0) is 43.5 Å². The third-order valence-corrected chi connectivity index (χ3v) is 3.10. The standard InChI is InChI=1S/C15H17N3O/c1-9-4-5-10(2)14(11(9)3)19-12-6-7-18-13(8-12)15(16)17/h4-8H,1-3H3,(H3,16,17). The zero-order valence-electron chi connectivity index (χ0n) is 11.3. The van der Waals surface area contributed by atoms with E-state index in [4.69, 9.17) is 15.9 Å². The lowest BCUT2D eigenvalue weighted by Gasteiger charge is -2.13. The summed E-state index contributed by atoms with van der Waals surface area (Å²) in [5.41, 5.74) is 9.21. The Morgan fingerprint density at radius 2 is 1.84 bits per heavy atom. The summed E-state index contributed by atoms with van der Waals surface area (Å²) < 4.78 is 5.92. The molecule has 4 nitrogen and oxygen atoms in total. The van der Waals surface area contributed by atoms with E-state index >= 15 is 0 Å². The Morgan fingerprint density at radius 1 is 1.16 bits per heavy atom. The molecule has 0 radical (unpaired) electrons. The van der Waals surface area contributed by atoms with Crippen LogP contribution in [0.25, 0.3) is 0 Å². The van der Waals surface area contributed by atoms with Crippen molar-refractivity contribution >= 4 is 5.84 Å². The van der Waals surface area contributed by atoms with Gasteiger partial charge < -0.3 is 10.5 Å². The second kappa shape index (κ2) is 5.10. The third-order valence-electron chi connectivity index (χ3n) is 3.10. The number of amidine groups is 1. The summed E-state index contributed by atoms with van der Waals surface area (Å²) in [6.45, 7) is 6.09. The van der Waals surface area contributed by atoms with Crippen molar-refractivity contribution in [3.63, 3.8) is 0 Å². The number of nitrogens with two attached hydrogens (primary N) is 1.